The van der Waals surface area contributed by atoms with Crippen LogP contribution < -0.4 is 4.57 Å². The fourth-order valence-corrected chi connectivity index (χ4v) is 1.96. The van der Waals surface area contributed by atoms with E-state index >= 15 is 0 Å². The number of benzene rings is 1. The summed E-state index contributed by atoms with van der Waals surface area (Å²) in [5.74, 6) is -0.179. The average molecular weight is 202 g/mol. The van der Waals surface area contributed by atoms with Crippen molar-refractivity contribution < 1.29 is 8.96 Å². The molecule has 15 heavy (non-hydrogen) atoms. The van der Waals surface area contributed by atoms with Gasteiger partial charge in [-0.2, -0.15) is 0 Å². The summed E-state index contributed by atoms with van der Waals surface area (Å²) in [6, 6.07) is 5.15. The molecule has 1 aromatic carbocycles. The number of halogens is 1. The lowest BCUT2D eigenvalue weighted by atomic mass is 10.0. The Morgan fingerprint density at radius 3 is 2.73 bits per heavy atom. The topological polar surface area (TPSA) is 3.88 Å². The second-order valence-electron chi connectivity index (χ2n) is 3.66. The molecule has 0 atom stereocenters. The Morgan fingerprint density at radius 1 is 1.33 bits per heavy atom. The summed E-state index contributed by atoms with van der Waals surface area (Å²) in [7, 11) is 1.90. The summed E-state index contributed by atoms with van der Waals surface area (Å²) in [5.41, 5.74) is 2.08. The van der Waals surface area contributed by atoms with Crippen LogP contribution in [0.4, 0.5) is 4.39 Å². The fraction of sp³-hybridized carbons (Fsp3) is 0.154. The first-order chi connectivity index (χ1) is 7.15. The van der Waals surface area contributed by atoms with E-state index in [1.807, 2.05) is 24.6 Å². The highest BCUT2D eigenvalue weighted by molar-refractivity contribution is 5.86. The Hall–Kier alpha value is -1.70. The van der Waals surface area contributed by atoms with Gasteiger partial charge in [-0.3, -0.25) is 0 Å². The van der Waals surface area contributed by atoms with Crippen LogP contribution in [0, 0.1) is 12.7 Å². The molecule has 0 N–H and O–H groups in total. The van der Waals surface area contributed by atoms with E-state index in [0.717, 1.165) is 16.6 Å². The molecule has 1 nitrogen and oxygen atoms in total. The minimum atomic E-state index is -0.179. The van der Waals surface area contributed by atoms with Crippen molar-refractivity contribution >= 4 is 16.8 Å². The molecule has 0 saturated carbocycles. The lowest BCUT2D eigenvalue weighted by Gasteiger charge is -2.04. The van der Waals surface area contributed by atoms with Gasteiger partial charge in [0.15, 0.2) is 6.20 Å². The van der Waals surface area contributed by atoms with Crippen LogP contribution >= 0.6 is 0 Å². The van der Waals surface area contributed by atoms with Crippen LogP contribution in [0.2, 0.25) is 0 Å². The maximum absolute atomic E-state index is 13.5. The number of fused-ring (bicyclic) bond motifs is 1. The molecule has 0 aliphatic heterocycles. The van der Waals surface area contributed by atoms with Crippen molar-refractivity contribution in [2.75, 3.05) is 0 Å². The van der Waals surface area contributed by atoms with Crippen LogP contribution in [0.5, 0.6) is 0 Å². The van der Waals surface area contributed by atoms with Crippen LogP contribution in [0.15, 0.2) is 31.0 Å². The quantitative estimate of drug-likeness (QED) is 0.626. The first-order valence-corrected chi connectivity index (χ1v) is 4.85. The molecular formula is C13H13FN+. The van der Waals surface area contributed by atoms with Crippen molar-refractivity contribution in [2.45, 2.75) is 6.92 Å². The maximum atomic E-state index is 13.5. The number of nitrogens with zero attached hydrogens (tertiary/aromatic N) is 1. The molecule has 0 bridgehead atoms. The fourth-order valence-electron chi connectivity index (χ4n) is 1.96. The van der Waals surface area contributed by atoms with Gasteiger partial charge in [-0.05, 0) is 13.0 Å². The van der Waals surface area contributed by atoms with Gasteiger partial charge >= 0.3 is 0 Å². The maximum Gasteiger partial charge on any atom is 0.207 e. The number of aromatic nitrogens is 1. The molecule has 2 rings (SSSR count). The smallest absolute Gasteiger partial charge is 0.206 e. The molecule has 76 valence electrons. The Labute approximate surface area is 88.5 Å². The van der Waals surface area contributed by atoms with Crippen molar-refractivity contribution in [3.63, 3.8) is 0 Å². The average Bonchev–Trinajstić information content (AvgIpc) is 2.20. The number of aryl methyl sites for hydroxylation is 2. The number of hydrogen-bond acceptors (Lipinski definition) is 0. The molecule has 0 unspecified atom stereocenters. The highest BCUT2D eigenvalue weighted by atomic mass is 19.1. The minimum Gasteiger partial charge on any atom is -0.206 e. The highest BCUT2D eigenvalue weighted by Gasteiger charge is 2.13. The standard InChI is InChI=1S/C13H13FN/c1-4-13-9(2)10-6-5-7-12(14)11(10)8-15(13)3/h4-8H,1H2,2-3H3/q+1. The van der Waals surface area contributed by atoms with Crippen molar-refractivity contribution in [3.05, 3.63) is 48.0 Å². The molecule has 0 saturated heterocycles. The van der Waals surface area contributed by atoms with Crippen molar-refractivity contribution in [2.24, 2.45) is 7.05 Å². The molecule has 0 amide bonds. The van der Waals surface area contributed by atoms with E-state index in [0.29, 0.717) is 5.39 Å². The summed E-state index contributed by atoms with van der Waals surface area (Å²) in [4.78, 5) is 0. The van der Waals surface area contributed by atoms with Gasteiger partial charge in [0.1, 0.15) is 12.9 Å². The molecule has 1 heterocycles. The highest BCUT2D eigenvalue weighted by Crippen LogP contribution is 2.21. The van der Waals surface area contributed by atoms with Gasteiger partial charge in [-0.15, -0.1) is 0 Å². The van der Waals surface area contributed by atoms with Gasteiger partial charge in [0.2, 0.25) is 5.69 Å². The molecule has 0 radical (unpaired) electrons. The predicted octanol–water partition coefficient (Wildman–Crippen LogP) is 2.75. The van der Waals surface area contributed by atoms with E-state index in [-0.39, 0.29) is 5.82 Å². The molecule has 1 aromatic heterocycles. The van der Waals surface area contributed by atoms with Gasteiger partial charge in [-0.1, -0.05) is 18.7 Å². The van der Waals surface area contributed by atoms with E-state index in [4.69, 9.17) is 0 Å². The van der Waals surface area contributed by atoms with Crippen LogP contribution in [0.25, 0.3) is 16.8 Å². The molecule has 2 aromatic rings. The first-order valence-electron chi connectivity index (χ1n) is 4.85. The summed E-state index contributed by atoms with van der Waals surface area (Å²) in [5, 5.41) is 1.60. The van der Waals surface area contributed by atoms with Crippen LogP contribution in [-0.2, 0) is 7.05 Å². The summed E-state index contributed by atoms with van der Waals surface area (Å²) < 4.78 is 15.4. The Bertz CT molecular complexity index is 544. The lowest BCUT2D eigenvalue weighted by molar-refractivity contribution is -0.672. The van der Waals surface area contributed by atoms with E-state index in [1.54, 1.807) is 18.3 Å². The molecule has 0 spiro atoms. The van der Waals surface area contributed by atoms with E-state index in [9.17, 15) is 4.39 Å². The minimum absolute atomic E-state index is 0.179. The summed E-state index contributed by atoms with van der Waals surface area (Å²) in [6.07, 6.45) is 3.59. The summed E-state index contributed by atoms with van der Waals surface area (Å²) in [6.45, 7) is 5.75. The van der Waals surface area contributed by atoms with Gasteiger partial charge in [-0.25, -0.2) is 8.96 Å². The number of rotatable bonds is 1. The first kappa shape index (κ1) is 9.84. The third-order valence-corrected chi connectivity index (χ3v) is 2.74. The normalized spacial score (nSPS) is 10.6. The third kappa shape index (κ3) is 1.42. The number of hydrogen-bond donors (Lipinski definition) is 0. The predicted molar refractivity (Wildman–Crippen MR) is 59.9 cm³/mol. The van der Waals surface area contributed by atoms with Crippen LogP contribution in [-0.4, -0.2) is 0 Å². The summed E-state index contributed by atoms with van der Waals surface area (Å²) >= 11 is 0. The van der Waals surface area contributed by atoms with Crippen molar-refractivity contribution in [3.8, 4) is 0 Å². The molecule has 0 fully saturated rings. The molecule has 0 aliphatic carbocycles. The van der Waals surface area contributed by atoms with E-state index in [2.05, 4.69) is 6.58 Å². The van der Waals surface area contributed by atoms with Crippen LogP contribution in [0.3, 0.4) is 0 Å². The number of pyridine rings is 1. The van der Waals surface area contributed by atoms with E-state index < -0.39 is 0 Å². The Kier molecular flexibility index (Phi) is 2.27. The monoisotopic (exact) mass is 202 g/mol. The Morgan fingerprint density at radius 2 is 2.07 bits per heavy atom. The zero-order valence-corrected chi connectivity index (χ0v) is 8.92. The van der Waals surface area contributed by atoms with Gasteiger partial charge in [0, 0.05) is 17.0 Å². The van der Waals surface area contributed by atoms with Crippen molar-refractivity contribution in [1.29, 1.82) is 0 Å². The molecular weight excluding hydrogens is 189 g/mol. The van der Waals surface area contributed by atoms with E-state index in [1.165, 1.54) is 6.07 Å². The van der Waals surface area contributed by atoms with Gasteiger partial charge < -0.3 is 0 Å². The second kappa shape index (κ2) is 3.46. The third-order valence-electron chi connectivity index (χ3n) is 2.74. The largest absolute Gasteiger partial charge is 0.207 e. The zero-order chi connectivity index (χ0) is 11.0. The zero-order valence-electron chi connectivity index (χ0n) is 8.92. The Balaban J connectivity index is 2.97. The van der Waals surface area contributed by atoms with Gasteiger partial charge in [0.05, 0.1) is 5.39 Å². The molecule has 2 heteroatoms. The second-order valence-corrected chi connectivity index (χ2v) is 3.66. The van der Waals surface area contributed by atoms with Crippen LogP contribution in [0.1, 0.15) is 11.3 Å². The lowest BCUT2D eigenvalue weighted by Crippen LogP contribution is -2.32. The van der Waals surface area contributed by atoms with Gasteiger partial charge in [0.25, 0.3) is 0 Å². The van der Waals surface area contributed by atoms with Crippen molar-refractivity contribution in [1.82, 2.24) is 0 Å². The SMILES string of the molecule is C=Cc1c(C)c2cccc(F)c2c[n+]1C. The molecule has 0 aliphatic rings.